The predicted molar refractivity (Wildman–Crippen MR) is 209 cm³/mol. The van der Waals surface area contributed by atoms with E-state index in [9.17, 15) is 32.4 Å². The number of hydrogen-bond donors (Lipinski definition) is 4. The molecule has 296 valence electrons. The molecule has 0 bridgehead atoms. The number of likely N-dealkylation sites (N-methyl/N-ethyl adjacent to an activating group) is 1. The molecule has 5 amide bonds. The molecule has 1 unspecified atom stereocenters. The normalized spacial score (nSPS) is 18.6. The number of carbonyl (C=O) groups excluding carboxylic acids is 5. The van der Waals surface area contributed by atoms with Crippen molar-refractivity contribution in [3.05, 3.63) is 55.0 Å². The van der Waals surface area contributed by atoms with E-state index in [2.05, 4.69) is 34.4 Å². The Morgan fingerprint density at radius 2 is 1.66 bits per heavy atom. The van der Waals surface area contributed by atoms with Crippen LogP contribution in [-0.2, 0) is 29.2 Å². The van der Waals surface area contributed by atoms with Crippen LogP contribution in [0.25, 0.3) is 0 Å². The van der Waals surface area contributed by atoms with Crippen molar-refractivity contribution in [2.45, 2.75) is 104 Å². The van der Waals surface area contributed by atoms with Gasteiger partial charge in [-0.1, -0.05) is 92.7 Å². The molecule has 53 heavy (non-hydrogen) atoms. The Labute approximate surface area is 320 Å². The number of rotatable bonds is 17. The lowest BCUT2D eigenvalue weighted by Crippen LogP contribution is -2.62. The standard InChI is InChI=1S/C38H60N6O7S2/c1-13-16-18-26(30(45)33(47)39-21-14-2)40-32(46)29-25(38(10,11)15-3)20-22-44(29)34(48)31(37(7,8)9)42-35(49)41-27(36(4,5)6)24-43(12)53(50,51)28-19-17-23-52-28/h14-19,23,25-27,29,31H,2-3,13,20-22,24H2,1,4-12H3,(H,39,47)(H,40,46)(H2,41,42,49)/t25-,26?,27+,29-,31+/m0/s1. The number of nitrogens with one attached hydrogen (secondary N) is 4. The molecule has 1 aliphatic heterocycles. The summed E-state index contributed by atoms with van der Waals surface area (Å²) in [7, 11) is -2.34. The predicted octanol–water partition coefficient (Wildman–Crippen LogP) is 4.25. The van der Waals surface area contributed by atoms with Gasteiger partial charge in [0.15, 0.2) is 0 Å². The second-order valence-corrected chi connectivity index (χ2v) is 19.4. The van der Waals surface area contributed by atoms with Crippen molar-refractivity contribution in [1.29, 1.82) is 0 Å². The van der Waals surface area contributed by atoms with Gasteiger partial charge < -0.3 is 26.2 Å². The molecule has 15 heteroatoms. The Kier molecular flexibility index (Phi) is 15.8. The third kappa shape index (κ3) is 11.8. The minimum absolute atomic E-state index is 0.0318. The Balaban J connectivity index is 2.44. The first kappa shape index (κ1) is 45.3. The summed E-state index contributed by atoms with van der Waals surface area (Å²) in [6.45, 7) is 24.4. The molecule has 0 aliphatic carbocycles. The fourth-order valence-corrected chi connectivity index (χ4v) is 8.39. The van der Waals surface area contributed by atoms with Gasteiger partial charge in [0.25, 0.3) is 15.9 Å². The zero-order valence-electron chi connectivity index (χ0n) is 32.9. The number of ketones is 1. The summed E-state index contributed by atoms with van der Waals surface area (Å²) in [5.41, 5.74) is -2.03. The quantitative estimate of drug-likeness (QED) is 0.135. The molecule has 4 N–H and O–H groups in total. The van der Waals surface area contributed by atoms with Crippen LogP contribution in [-0.4, -0.2) is 98.0 Å². The number of urea groups is 1. The number of allylic oxidation sites excluding steroid dienone is 2. The number of nitrogens with zero attached hydrogens (tertiary/aromatic N) is 2. The molecule has 0 aromatic carbocycles. The van der Waals surface area contributed by atoms with Crippen molar-refractivity contribution in [2.24, 2.45) is 22.2 Å². The first-order chi connectivity index (χ1) is 24.4. The van der Waals surface area contributed by atoms with Crippen molar-refractivity contribution in [1.82, 2.24) is 30.5 Å². The van der Waals surface area contributed by atoms with Gasteiger partial charge in [0.1, 0.15) is 22.3 Å². The Morgan fingerprint density at radius 1 is 1.02 bits per heavy atom. The SMILES string of the molecule is C=CCNC(=O)C(=O)C(C=CCC)NC(=O)[C@@H]1[C@@H](C(C)(C)C=C)CCN1C(=O)[C@@H](NC(=O)N[C@H](CN(C)S(=O)(=O)c1cccs1)C(C)(C)C)C(C)(C)C. The fraction of sp³-hybridized carbons (Fsp3) is 0.605. The van der Waals surface area contributed by atoms with E-state index >= 15 is 0 Å². The van der Waals surface area contributed by atoms with Crippen LogP contribution in [0.4, 0.5) is 4.79 Å². The zero-order chi connectivity index (χ0) is 40.5. The molecule has 1 aliphatic rings. The lowest BCUT2D eigenvalue weighted by Gasteiger charge is -2.39. The van der Waals surface area contributed by atoms with Gasteiger partial charge in [-0.05, 0) is 46.5 Å². The largest absolute Gasteiger partial charge is 0.346 e. The van der Waals surface area contributed by atoms with E-state index in [4.69, 9.17) is 0 Å². The highest BCUT2D eigenvalue weighted by Crippen LogP contribution is 2.41. The van der Waals surface area contributed by atoms with Crippen molar-refractivity contribution in [3.63, 3.8) is 0 Å². The maximum atomic E-state index is 14.6. The lowest BCUT2D eigenvalue weighted by molar-refractivity contribution is -0.144. The molecule has 1 aromatic heterocycles. The van der Waals surface area contributed by atoms with Gasteiger partial charge in [-0.3, -0.25) is 19.2 Å². The molecule has 2 heterocycles. The van der Waals surface area contributed by atoms with Crippen LogP contribution < -0.4 is 21.3 Å². The molecule has 13 nitrogen and oxygen atoms in total. The van der Waals surface area contributed by atoms with Crippen LogP contribution in [0.5, 0.6) is 0 Å². The van der Waals surface area contributed by atoms with Crippen LogP contribution in [0.3, 0.4) is 0 Å². The third-order valence-corrected chi connectivity index (χ3v) is 12.7. The van der Waals surface area contributed by atoms with Crippen LogP contribution in [0.15, 0.2) is 59.2 Å². The van der Waals surface area contributed by atoms with Crippen LogP contribution in [0, 0.1) is 22.2 Å². The fourth-order valence-electron chi connectivity index (χ4n) is 6.00. The van der Waals surface area contributed by atoms with E-state index in [1.54, 1.807) is 44.4 Å². The lowest BCUT2D eigenvalue weighted by atomic mass is 9.74. The van der Waals surface area contributed by atoms with Crippen LogP contribution in [0.1, 0.15) is 75.2 Å². The summed E-state index contributed by atoms with van der Waals surface area (Å²) in [6, 6.07) is -1.61. The maximum absolute atomic E-state index is 14.6. The molecule has 1 fully saturated rings. The highest BCUT2D eigenvalue weighted by atomic mass is 32.2. The second kappa shape index (κ2) is 18.5. The minimum atomic E-state index is -3.80. The average Bonchev–Trinajstić information content (AvgIpc) is 3.78. The van der Waals surface area contributed by atoms with Crippen molar-refractivity contribution in [3.8, 4) is 0 Å². The first-order valence-electron chi connectivity index (χ1n) is 17.8. The number of amides is 5. The number of Topliss-reactive ketones (excluding diaryl/α,β-unsaturated/α-hetero) is 1. The van der Waals surface area contributed by atoms with E-state index < -0.39 is 85.9 Å². The molecule has 2 rings (SSSR count). The van der Waals surface area contributed by atoms with E-state index in [0.29, 0.717) is 12.8 Å². The Bertz CT molecular complexity index is 1620. The van der Waals surface area contributed by atoms with Crippen LogP contribution >= 0.6 is 11.3 Å². The smallest absolute Gasteiger partial charge is 0.315 e. The summed E-state index contributed by atoms with van der Waals surface area (Å²) in [5, 5.41) is 12.6. The monoisotopic (exact) mass is 776 g/mol. The third-order valence-electron chi connectivity index (χ3n) is 9.55. The highest BCUT2D eigenvalue weighted by molar-refractivity contribution is 7.91. The summed E-state index contributed by atoms with van der Waals surface area (Å²) < 4.78 is 27.8. The number of thiophene rings is 1. The molecular formula is C38H60N6O7S2. The van der Waals surface area contributed by atoms with E-state index in [0.717, 1.165) is 11.3 Å². The molecule has 1 saturated heterocycles. The number of hydrogen-bond acceptors (Lipinski definition) is 8. The van der Waals surface area contributed by atoms with E-state index in [1.807, 2.05) is 41.5 Å². The Hall–Kier alpha value is -3.82. The molecule has 1 aromatic rings. The van der Waals surface area contributed by atoms with Gasteiger partial charge in [0.05, 0.1) is 0 Å². The minimum Gasteiger partial charge on any atom is -0.346 e. The molecule has 0 spiro atoms. The Morgan fingerprint density at radius 3 is 2.17 bits per heavy atom. The topological polar surface area (TPSA) is 174 Å². The number of likely N-dealkylation sites (tertiary alicyclic amines) is 1. The van der Waals surface area contributed by atoms with E-state index in [-0.39, 0.29) is 23.8 Å². The van der Waals surface area contributed by atoms with Gasteiger partial charge in [-0.15, -0.1) is 24.5 Å². The van der Waals surface area contributed by atoms with Gasteiger partial charge >= 0.3 is 6.03 Å². The van der Waals surface area contributed by atoms with Crippen LogP contribution in [0.2, 0.25) is 0 Å². The van der Waals surface area contributed by atoms with Gasteiger partial charge in [0, 0.05) is 32.7 Å². The first-order valence-corrected chi connectivity index (χ1v) is 20.2. The summed E-state index contributed by atoms with van der Waals surface area (Å²) >= 11 is 1.10. The molecule has 0 radical (unpaired) electrons. The second-order valence-electron chi connectivity index (χ2n) is 16.1. The van der Waals surface area contributed by atoms with Crippen molar-refractivity contribution in [2.75, 3.05) is 26.7 Å². The number of sulfonamides is 1. The number of carbonyl (C=O) groups is 5. The van der Waals surface area contributed by atoms with E-state index in [1.165, 1.54) is 34.5 Å². The molecule has 0 saturated carbocycles. The summed E-state index contributed by atoms with van der Waals surface area (Å²) in [4.78, 5) is 69.8. The zero-order valence-corrected chi connectivity index (χ0v) is 34.6. The maximum Gasteiger partial charge on any atom is 0.315 e. The molecular weight excluding hydrogens is 717 g/mol. The van der Waals surface area contributed by atoms with Crippen molar-refractivity contribution < 1.29 is 32.4 Å². The van der Waals surface area contributed by atoms with Gasteiger partial charge in [0.2, 0.25) is 17.6 Å². The molecule has 5 atom stereocenters. The average molecular weight is 777 g/mol. The van der Waals surface area contributed by atoms with Gasteiger partial charge in [-0.2, -0.15) is 4.31 Å². The highest BCUT2D eigenvalue weighted by Gasteiger charge is 2.50. The summed E-state index contributed by atoms with van der Waals surface area (Å²) in [6.07, 6.45) is 7.27. The summed E-state index contributed by atoms with van der Waals surface area (Å²) in [5.74, 6) is -3.29. The van der Waals surface area contributed by atoms with Crippen molar-refractivity contribution >= 4 is 50.9 Å². The van der Waals surface area contributed by atoms with Gasteiger partial charge in [-0.25, -0.2) is 13.2 Å².